The first-order chi connectivity index (χ1) is 10.8. The van der Waals surface area contributed by atoms with E-state index in [2.05, 4.69) is 9.82 Å². The molecule has 1 aliphatic carbocycles. The van der Waals surface area contributed by atoms with Gasteiger partial charge in [-0.2, -0.15) is 5.10 Å². The smallest absolute Gasteiger partial charge is 0.246 e. The van der Waals surface area contributed by atoms with Crippen LogP contribution in [0, 0.1) is 17.5 Å². The lowest BCUT2D eigenvalue weighted by Gasteiger charge is -2.41. The zero-order valence-corrected chi connectivity index (χ0v) is 12.3. The zero-order valence-electron chi connectivity index (χ0n) is 11.5. The molecule has 1 saturated carbocycles. The summed E-state index contributed by atoms with van der Waals surface area (Å²) in [4.78, 5) is -1.25. The Bertz CT molecular complexity index is 803. The van der Waals surface area contributed by atoms with E-state index in [-0.39, 0.29) is 18.6 Å². The largest absolute Gasteiger partial charge is 0.391 e. The number of hydrogen-bond donors (Lipinski definition) is 2. The summed E-state index contributed by atoms with van der Waals surface area (Å²) in [6.07, 6.45) is 2.21. The van der Waals surface area contributed by atoms with Gasteiger partial charge < -0.3 is 5.11 Å². The Kier molecular flexibility index (Phi) is 3.90. The van der Waals surface area contributed by atoms with Gasteiger partial charge in [0.1, 0.15) is 17.5 Å². The zero-order chi connectivity index (χ0) is 16.8. The van der Waals surface area contributed by atoms with Gasteiger partial charge in [-0.25, -0.2) is 26.3 Å². The Morgan fingerprint density at radius 3 is 2.43 bits per heavy atom. The van der Waals surface area contributed by atoms with Gasteiger partial charge in [0, 0.05) is 30.6 Å². The maximum absolute atomic E-state index is 13.7. The monoisotopic (exact) mass is 347 g/mol. The average molecular weight is 347 g/mol. The van der Waals surface area contributed by atoms with Crippen LogP contribution in [0.15, 0.2) is 35.5 Å². The third-order valence-electron chi connectivity index (χ3n) is 3.67. The van der Waals surface area contributed by atoms with Crippen molar-refractivity contribution < 1.29 is 26.7 Å². The summed E-state index contributed by atoms with van der Waals surface area (Å²) in [6, 6.07) is 0.692. The number of aromatic nitrogens is 2. The molecular formula is C13H12F3N3O3S. The van der Waals surface area contributed by atoms with E-state index in [1.165, 1.54) is 17.1 Å². The Morgan fingerprint density at radius 1 is 1.26 bits per heavy atom. The van der Waals surface area contributed by atoms with E-state index in [0.717, 1.165) is 0 Å². The predicted octanol–water partition coefficient (Wildman–Crippen LogP) is 0.953. The number of nitrogens with zero attached hydrogens (tertiary/aromatic N) is 2. The number of aliphatic hydroxyl groups is 1. The van der Waals surface area contributed by atoms with E-state index in [4.69, 9.17) is 0 Å². The van der Waals surface area contributed by atoms with E-state index in [0.29, 0.717) is 0 Å². The van der Waals surface area contributed by atoms with Crippen molar-refractivity contribution in [1.29, 1.82) is 0 Å². The Balaban J connectivity index is 1.88. The molecule has 1 fully saturated rings. The van der Waals surface area contributed by atoms with Gasteiger partial charge in [-0.05, 0) is 12.5 Å². The summed E-state index contributed by atoms with van der Waals surface area (Å²) in [5, 5.41) is 13.7. The van der Waals surface area contributed by atoms with Gasteiger partial charge in [0.15, 0.2) is 4.90 Å². The second kappa shape index (κ2) is 5.62. The number of sulfonamides is 1. The number of benzene rings is 1. The first kappa shape index (κ1) is 16.0. The molecule has 0 amide bonds. The molecule has 23 heavy (non-hydrogen) atoms. The normalized spacial score (nSPS) is 24.4. The highest BCUT2D eigenvalue weighted by molar-refractivity contribution is 7.89. The average Bonchev–Trinajstić information content (AvgIpc) is 2.89. The molecule has 0 aliphatic heterocycles. The van der Waals surface area contributed by atoms with Crippen molar-refractivity contribution in [3.63, 3.8) is 0 Å². The number of hydrogen-bond acceptors (Lipinski definition) is 4. The molecule has 3 rings (SSSR count). The number of halogens is 3. The number of aliphatic hydroxyl groups excluding tert-OH is 1. The van der Waals surface area contributed by atoms with Gasteiger partial charge in [-0.1, -0.05) is 0 Å². The van der Waals surface area contributed by atoms with Gasteiger partial charge in [0.2, 0.25) is 10.0 Å². The predicted molar refractivity (Wildman–Crippen MR) is 72.3 cm³/mol. The fraction of sp³-hybridized carbons (Fsp3) is 0.308. The lowest BCUT2D eigenvalue weighted by molar-refractivity contribution is 0.000514. The van der Waals surface area contributed by atoms with Crippen LogP contribution in [0.1, 0.15) is 12.5 Å². The molecule has 1 heterocycles. The van der Waals surface area contributed by atoms with Crippen molar-refractivity contribution in [2.45, 2.75) is 29.5 Å². The van der Waals surface area contributed by atoms with Crippen LogP contribution in [0.4, 0.5) is 13.2 Å². The maximum atomic E-state index is 13.7. The van der Waals surface area contributed by atoms with Crippen LogP contribution >= 0.6 is 0 Å². The summed E-state index contributed by atoms with van der Waals surface area (Å²) >= 11 is 0. The highest BCUT2D eigenvalue weighted by Gasteiger charge is 2.44. The molecule has 0 spiro atoms. The van der Waals surface area contributed by atoms with Crippen LogP contribution < -0.4 is 4.72 Å². The van der Waals surface area contributed by atoms with Crippen molar-refractivity contribution in [1.82, 2.24) is 14.5 Å². The fourth-order valence-electron chi connectivity index (χ4n) is 2.59. The molecule has 124 valence electrons. The number of nitrogens with one attached hydrogen (secondary N) is 1. The van der Waals surface area contributed by atoms with Crippen LogP contribution in [0.2, 0.25) is 0 Å². The summed E-state index contributed by atoms with van der Waals surface area (Å²) < 4.78 is 68.1. The minimum absolute atomic E-state index is 0.0637. The second-order valence-corrected chi connectivity index (χ2v) is 6.86. The van der Waals surface area contributed by atoms with E-state index in [9.17, 15) is 26.7 Å². The Hall–Kier alpha value is -1.91. The number of rotatable bonds is 4. The molecule has 1 aliphatic rings. The quantitative estimate of drug-likeness (QED) is 0.863. The van der Waals surface area contributed by atoms with Gasteiger partial charge in [0.25, 0.3) is 0 Å². The highest BCUT2D eigenvalue weighted by Crippen LogP contribution is 2.34. The SMILES string of the molecule is O=S(=O)(NC1CC(O)C1n1cccn1)c1c(F)cc(F)cc1F. The molecule has 10 heteroatoms. The molecule has 2 aromatic rings. The highest BCUT2D eigenvalue weighted by atomic mass is 32.2. The van der Waals surface area contributed by atoms with E-state index in [1.807, 2.05) is 0 Å². The first-order valence-electron chi connectivity index (χ1n) is 6.63. The minimum Gasteiger partial charge on any atom is -0.391 e. The lowest BCUT2D eigenvalue weighted by Crippen LogP contribution is -2.56. The van der Waals surface area contributed by atoms with Crippen molar-refractivity contribution in [2.75, 3.05) is 0 Å². The van der Waals surface area contributed by atoms with Crippen molar-refractivity contribution >= 4 is 10.0 Å². The van der Waals surface area contributed by atoms with Crippen molar-refractivity contribution in [3.8, 4) is 0 Å². The summed E-state index contributed by atoms with van der Waals surface area (Å²) in [7, 11) is -4.56. The standard InChI is InChI=1S/C13H12F3N3O3S/c14-7-4-8(15)13(9(16)5-7)23(21,22)18-10-6-11(20)12(10)19-3-1-2-17-19/h1-5,10-12,18,20H,6H2. The molecule has 0 radical (unpaired) electrons. The van der Waals surface area contributed by atoms with E-state index in [1.54, 1.807) is 6.07 Å². The van der Waals surface area contributed by atoms with Crippen LogP contribution in [0.3, 0.4) is 0 Å². The molecule has 0 saturated heterocycles. The van der Waals surface area contributed by atoms with Crippen molar-refractivity contribution in [2.24, 2.45) is 0 Å². The Morgan fingerprint density at radius 2 is 1.91 bits per heavy atom. The van der Waals surface area contributed by atoms with Crippen LogP contribution in [0.5, 0.6) is 0 Å². The molecule has 1 aromatic heterocycles. The fourth-order valence-corrected chi connectivity index (χ4v) is 3.97. The third-order valence-corrected chi connectivity index (χ3v) is 5.21. The minimum atomic E-state index is -4.56. The molecule has 6 nitrogen and oxygen atoms in total. The van der Waals surface area contributed by atoms with Crippen LogP contribution in [-0.4, -0.2) is 35.5 Å². The topological polar surface area (TPSA) is 84.2 Å². The molecule has 3 unspecified atom stereocenters. The summed E-state index contributed by atoms with van der Waals surface area (Å²) in [6.45, 7) is 0. The maximum Gasteiger partial charge on any atom is 0.246 e. The molecule has 1 aromatic carbocycles. The summed E-state index contributed by atoms with van der Waals surface area (Å²) in [5.74, 6) is -4.26. The molecule has 2 N–H and O–H groups in total. The van der Waals surface area contributed by atoms with Gasteiger partial charge in [-0.15, -0.1) is 0 Å². The third kappa shape index (κ3) is 2.84. The van der Waals surface area contributed by atoms with E-state index < -0.39 is 50.6 Å². The lowest BCUT2D eigenvalue weighted by atomic mass is 9.84. The first-order valence-corrected chi connectivity index (χ1v) is 8.12. The van der Waals surface area contributed by atoms with Crippen molar-refractivity contribution in [3.05, 3.63) is 48.0 Å². The summed E-state index contributed by atoms with van der Waals surface area (Å²) in [5.41, 5.74) is 0. The van der Waals surface area contributed by atoms with Crippen LogP contribution in [0.25, 0.3) is 0 Å². The van der Waals surface area contributed by atoms with Gasteiger partial charge >= 0.3 is 0 Å². The van der Waals surface area contributed by atoms with Gasteiger partial charge in [-0.3, -0.25) is 4.68 Å². The van der Waals surface area contributed by atoms with Gasteiger partial charge in [0.05, 0.1) is 12.1 Å². The molecular weight excluding hydrogens is 335 g/mol. The molecule has 3 atom stereocenters. The Labute approximate surface area is 129 Å². The molecule has 0 bridgehead atoms. The second-order valence-electron chi connectivity index (χ2n) is 5.21. The van der Waals surface area contributed by atoms with E-state index >= 15 is 0 Å². The van der Waals surface area contributed by atoms with Crippen LogP contribution in [-0.2, 0) is 10.0 Å².